The highest BCUT2D eigenvalue weighted by Gasteiger charge is 2.36. The van der Waals surface area contributed by atoms with E-state index in [-0.39, 0.29) is 5.82 Å². The first-order valence-electron chi connectivity index (χ1n) is 11.4. The molecule has 0 aliphatic carbocycles. The summed E-state index contributed by atoms with van der Waals surface area (Å²) in [6.07, 6.45) is 4.42. The summed E-state index contributed by atoms with van der Waals surface area (Å²) in [6, 6.07) is 12.5. The summed E-state index contributed by atoms with van der Waals surface area (Å²) >= 11 is 5.15. The van der Waals surface area contributed by atoms with Crippen LogP contribution in [-0.2, 0) is 4.79 Å². The molecule has 0 aromatic heterocycles. The van der Waals surface area contributed by atoms with Gasteiger partial charge in [0.25, 0.3) is 0 Å². The molecule has 0 radical (unpaired) electrons. The van der Waals surface area contributed by atoms with Crippen LogP contribution in [-0.4, -0.2) is 46.7 Å². The average Bonchev–Trinajstić information content (AvgIpc) is 3.28. The number of carbonyl (C=O) groups excluding carboxylic acids is 1. The Labute approximate surface area is 219 Å². The number of thioether (sulfide) groups is 3. The van der Waals surface area contributed by atoms with Gasteiger partial charge in [0.2, 0.25) is 0 Å². The molecule has 0 saturated heterocycles. The molecule has 1 aliphatic heterocycles. The van der Waals surface area contributed by atoms with Crippen LogP contribution < -0.4 is 10.6 Å². The lowest BCUT2D eigenvalue weighted by molar-refractivity contribution is -0.111. The Kier molecular flexibility index (Phi) is 10.7. The minimum Gasteiger partial charge on any atom is -0.374 e. The SMILES string of the molecule is C=Nc1cc(SCCC)ccc1NCSCC1=NC(C=O)(C/C(=C/C)Nc2cccc(F)c2)CS1. The highest BCUT2D eigenvalue weighted by atomic mass is 32.2. The Morgan fingerprint density at radius 2 is 2.20 bits per heavy atom. The van der Waals surface area contributed by atoms with Crippen LogP contribution in [0.3, 0.4) is 0 Å². The molecule has 3 rings (SSSR count). The number of nitrogens with zero attached hydrogens (tertiary/aromatic N) is 2. The summed E-state index contributed by atoms with van der Waals surface area (Å²) in [7, 11) is 0. The molecule has 0 spiro atoms. The van der Waals surface area contributed by atoms with Gasteiger partial charge in [-0.25, -0.2) is 4.39 Å². The number of aliphatic imine (C=N–C) groups is 2. The average molecular weight is 531 g/mol. The lowest BCUT2D eigenvalue weighted by Crippen LogP contribution is -2.31. The van der Waals surface area contributed by atoms with Crippen molar-refractivity contribution in [1.29, 1.82) is 0 Å². The lowest BCUT2D eigenvalue weighted by Gasteiger charge is -2.21. The van der Waals surface area contributed by atoms with Gasteiger partial charge in [-0.3, -0.25) is 9.98 Å². The Balaban J connectivity index is 1.53. The number of hydrogen-bond donors (Lipinski definition) is 2. The molecule has 2 aromatic carbocycles. The highest BCUT2D eigenvalue weighted by molar-refractivity contribution is 8.16. The van der Waals surface area contributed by atoms with E-state index in [0.717, 1.165) is 46.3 Å². The zero-order chi connectivity index (χ0) is 25.1. The predicted octanol–water partition coefficient (Wildman–Crippen LogP) is 7.25. The van der Waals surface area contributed by atoms with Crippen LogP contribution in [0, 0.1) is 5.82 Å². The van der Waals surface area contributed by atoms with Crippen molar-refractivity contribution in [2.24, 2.45) is 9.98 Å². The number of halogens is 1. The van der Waals surface area contributed by atoms with Crippen molar-refractivity contribution in [3.05, 3.63) is 60.1 Å². The molecule has 2 N–H and O–H groups in total. The summed E-state index contributed by atoms with van der Waals surface area (Å²) in [6.45, 7) is 7.77. The van der Waals surface area contributed by atoms with E-state index in [1.165, 1.54) is 17.0 Å². The van der Waals surface area contributed by atoms with Crippen LogP contribution in [0.2, 0.25) is 0 Å². The number of hydrogen-bond acceptors (Lipinski definition) is 8. The van der Waals surface area contributed by atoms with Crippen LogP contribution in [0.5, 0.6) is 0 Å². The van der Waals surface area contributed by atoms with E-state index in [0.29, 0.717) is 23.7 Å². The fourth-order valence-electron chi connectivity index (χ4n) is 3.46. The van der Waals surface area contributed by atoms with Crippen LogP contribution in [0.25, 0.3) is 0 Å². The van der Waals surface area contributed by atoms with Gasteiger partial charge >= 0.3 is 0 Å². The molecule has 9 heteroatoms. The second-order valence-electron chi connectivity index (χ2n) is 8.00. The molecule has 0 saturated carbocycles. The second kappa shape index (κ2) is 13.8. The Morgan fingerprint density at radius 3 is 2.91 bits per heavy atom. The summed E-state index contributed by atoms with van der Waals surface area (Å²) < 4.78 is 13.5. The maximum absolute atomic E-state index is 13.5. The van der Waals surface area contributed by atoms with Crippen LogP contribution in [0.4, 0.5) is 21.5 Å². The number of aldehydes is 1. The lowest BCUT2D eigenvalue weighted by atomic mass is 9.98. The number of anilines is 2. The molecule has 5 nitrogen and oxygen atoms in total. The number of allylic oxidation sites excluding steroid dienone is 1. The van der Waals surface area contributed by atoms with Crippen molar-refractivity contribution in [3.63, 3.8) is 0 Å². The van der Waals surface area contributed by atoms with Crippen molar-refractivity contribution in [2.45, 2.75) is 37.1 Å². The van der Waals surface area contributed by atoms with Gasteiger partial charge in [0.15, 0.2) is 0 Å². The first-order valence-corrected chi connectivity index (χ1v) is 14.5. The van der Waals surface area contributed by atoms with E-state index in [9.17, 15) is 9.18 Å². The van der Waals surface area contributed by atoms with Crippen LogP contribution in [0.15, 0.2) is 69.1 Å². The van der Waals surface area contributed by atoms with Gasteiger partial charge in [-0.2, -0.15) is 0 Å². The Bertz CT molecular complexity index is 1090. The fourth-order valence-corrected chi connectivity index (χ4v) is 6.33. The summed E-state index contributed by atoms with van der Waals surface area (Å²) in [5, 5.41) is 7.59. The van der Waals surface area contributed by atoms with E-state index in [1.807, 2.05) is 30.8 Å². The molecule has 0 bridgehead atoms. The Hall–Kier alpha value is -2.23. The van der Waals surface area contributed by atoms with Crippen molar-refractivity contribution in [1.82, 2.24) is 0 Å². The van der Waals surface area contributed by atoms with Crippen LogP contribution in [0.1, 0.15) is 26.7 Å². The molecule has 0 amide bonds. The quantitative estimate of drug-likeness (QED) is 0.0882. The molecule has 35 heavy (non-hydrogen) atoms. The number of benzene rings is 2. The van der Waals surface area contributed by atoms with Gasteiger partial charge in [-0.1, -0.05) is 19.1 Å². The van der Waals surface area contributed by atoms with Crippen molar-refractivity contribution < 1.29 is 9.18 Å². The highest BCUT2D eigenvalue weighted by Crippen LogP contribution is 2.34. The van der Waals surface area contributed by atoms with Gasteiger partial charge in [0.1, 0.15) is 17.6 Å². The normalized spacial score (nSPS) is 17.7. The summed E-state index contributed by atoms with van der Waals surface area (Å²) in [5.41, 5.74) is 2.50. The standard InChI is InChI=1S/C26H31FN4OS3/c1-4-11-34-22-9-10-23(24(13-22)28-3)29-18-33-15-25-31-26(16-32,17-35-25)14-20(5-2)30-21-8-6-7-19(27)12-21/h5-10,12-13,16,29-30H,3-4,11,14-15,17-18H2,1-2H3/b20-5-. The van der Waals surface area contributed by atoms with E-state index in [2.05, 4.69) is 41.4 Å². The minimum atomic E-state index is -0.803. The van der Waals surface area contributed by atoms with Crippen molar-refractivity contribution in [3.8, 4) is 0 Å². The summed E-state index contributed by atoms with van der Waals surface area (Å²) in [5.74, 6) is 2.79. The van der Waals surface area contributed by atoms with E-state index in [4.69, 9.17) is 4.99 Å². The summed E-state index contributed by atoms with van der Waals surface area (Å²) in [4.78, 5) is 22.2. The van der Waals surface area contributed by atoms with Gasteiger partial charge in [0.05, 0.1) is 22.3 Å². The first kappa shape index (κ1) is 27.4. The van der Waals surface area contributed by atoms with Crippen LogP contribution >= 0.6 is 35.3 Å². The third-order valence-corrected chi connectivity index (χ3v) is 8.65. The molecule has 1 atom stereocenters. The first-order chi connectivity index (χ1) is 17.0. The third kappa shape index (κ3) is 8.15. The molecule has 186 valence electrons. The monoisotopic (exact) mass is 530 g/mol. The van der Waals surface area contributed by atoms with Gasteiger partial charge < -0.3 is 15.4 Å². The van der Waals surface area contributed by atoms with Crippen molar-refractivity contribution >= 4 is 70.4 Å². The smallest absolute Gasteiger partial charge is 0.148 e. The van der Waals surface area contributed by atoms with Crippen molar-refractivity contribution in [2.75, 3.05) is 33.8 Å². The van der Waals surface area contributed by atoms with Gasteiger partial charge in [-0.15, -0.1) is 35.3 Å². The second-order valence-corrected chi connectivity index (χ2v) is 11.2. The molecule has 1 aliphatic rings. The maximum Gasteiger partial charge on any atom is 0.148 e. The molecule has 2 aromatic rings. The predicted molar refractivity (Wildman–Crippen MR) is 155 cm³/mol. The third-order valence-electron chi connectivity index (χ3n) is 5.23. The minimum absolute atomic E-state index is 0.305. The molecule has 0 fully saturated rings. The number of nitrogens with one attached hydrogen (secondary N) is 2. The molecule has 1 heterocycles. The van der Waals surface area contributed by atoms with E-state index in [1.54, 1.807) is 35.7 Å². The zero-order valence-electron chi connectivity index (χ0n) is 20.1. The molecular weight excluding hydrogens is 500 g/mol. The Morgan fingerprint density at radius 1 is 1.34 bits per heavy atom. The van der Waals surface area contributed by atoms with Gasteiger partial charge in [0, 0.05) is 34.2 Å². The van der Waals surface area contributed by atoms with E-state index >= 15 is 0 Å². The zero-order valence-corrected chi connectivity index (χ0v) is 22.5. The maximum atomic E-state index is 13.5. The number of rotatable bonds is 14. The van der Waals surface area contributed by atoms with Gasteiger partial charge in [-0.05, 0) is 62.2 Å². The number of carbonyl (C=O) groups is 1. The largest absolute Gasteiger partial charge is 0.374 e. The fraction of sp³-hybridized carbons (Fsp3) is 0.346. The van der Waals surface area contributed by atoms with E-state index < -0.39 is 5.54 Å². The topological polar surface area (TPSA) is 65.8 Å². The molecule has 1 unspecified atom stereocenters. The molecular formula is C26H31FN4OS3.